The van der Waals surface area contributed by atoms with Crippen molar-refractivity contribution in [2.45, 2.75) is 36.6 Å². The van der Waals surface area contributed by atoms with E-state index >= 15 is 0 Å². The molecule has 33 heavy (non-hydrogen) atoms. The van der Waals surface area contributed by atoms with Crippen LogP contribution in [0.4, 0.5) is 0 Å². The van der Waals surface area contributed by atoms with E-state index in [9.17, 15) is 13.2 Å². The van der Waals surface area contributed by atoms with Crippen molar-refractivity contribution >= 4 is 43.3 Å². The maximum Gasteiger partial charge on any atom is 0.285 e. The summed E-state index contributed by atoms with van der Waals surface area (Å²) < 4.78 is 30.0. The number of carbonyl (C=O) groups is 1. The number of amides is 1. The Morgan fingerprint density at radius 2 is 1.73 bits per heavy atom. The van der Waals surface area contributed by atoms with Crippen molar-refractivity contribution in [1.29, 1.82) is 0 Å². The van der Waals surface area contributed by atoms with Crippen molar-refractivity contribution < 1.29 is 13.2 Å². The van der Waals surface area contributed by atoms with Crippen LogP contribution < -0.4 is 0 Å². The highest BCUT2D eigenvalue weighted by Crippen LogP contribution is 2.38. The molecule has 0 spiro atoms. The molecule has 0 unspecified atom stereocenters. The van der Waals surface area contributed by atoms with E-state index in [-0.39, 0.29) is 22.8 Å². The molecule has 4 heterocycles. The van der Waals surface area contributed by atoms with Gasteiger partial charge in [0.1, 0.15) is 9.90 Å². The van der Waals surface area contributed by atoms with Crippen molar-refractivity contribution in [2.24, 2.45) is 10.3 Å². The number of fused-ring (bicyclic) bond motifs is 2. The summed E-state index contributed by atoms with van der Waals surface area (Å²) in [7, 11) is -3.63. The molecule has 1 aromatic heterocycles. The Labute approximate surface area is 196 Å². The van der Waals surface area contributed by atoms with Gasteiger partial charge in [-0.15, -0.1) is 15.7 Å². The first kappa shape index (κ1) is 20.8. The summed E-state index contributed by atoms with van der Waals surface area (Å²) in [6.45, 7) is 2.02. The van der Waals surface area contributed by atoms with Gasteiger partial charge >= 0.3 is 0 Å². The first-order valence-electron chi connectivity index (χ1n) is 11.4. The second-order valence-corrected chi connectivity index (χ2v) is 11.5. The van der Waals surface area contributed by atoms with E-state index in [4.69, 9.17) is 4.98 Å². The largest absolute Gasteiger partial charge is 0.355 e. The van der Waals surface area contributed by atoms with E-state index in [1.54, 1.807) is 23.5 Å². The highest BCUT2D eigenvalue weighted by molar-refractivity contribution is 7.90. The molecule has 9 heteroatoms. The van der Waals surface area contributed by atoms with Gasteiger partial charge in [0.25, 0.3) is 10.0 Å². The Balaban J connectivity index is 1.17. The number of para-hydroxylation sites is 1. The number of aromatic nitrogens is 1. The van der Waals surface area contributed by atoms with Gasteiger partial charge in [-0.25, -0.2) is 4.98 Å². The van der Waals surface area contributed by atoms with Crippen LogP contribution in [0.1, 0.15) is 42.3 Å². The summed E-state index contributed by atoms with van der Waals surface area (Å²) >= 11 is 1.69. The molecule has 3 aromatic rings. The number of carbonyl (C=O) groups excluding carboxylic acids is 1. The summed E-state index contributed by atoms with van der Waals surface area (Å²) in [4.78, 5) is 22.6. The zero-order chi connectivity index (χ0) is 22.6. The zero-order valence-corrected chi connectivity index (χ0v) is 19.7. The average Bonchev–Trinajstić information content (AvgIpc) is 3.54. The van der Waals surface area contributed by atoms with Crippen LogP contribution >= 0.6 is 11.3 Å². The topological polar surface area (TPSA) is 82.9 Å². The number of benzene rings is 2. The first-order chi connectivity index (χ1) is 16.0. The van der Waals surface area contributed by atoms with Crippen LogP contribution in [-0.2, 0) is 14.8 Å². The van der Waals surface area contributed by atoms with Crippen LogP contribution in [0, 0.1) is 5.92 Å². The zero-order valence-electron chi connectivity index (χ0n) is 18.1. The molecule has 0 saturated carbocycles. The van der Waals surface area contributed by atoms with Gasteiger partial charge in [0.05, 0.1) is 16.3 Å². The number of nitrogens with zero attached hydrogens (tertiary/aromatic N) is 4. The van der Waals surface area contributed by atoms with Crippen LogP contribution in [0.2, 0.25) is 0 Å². The standard InChI is InChI=1S/C24H24N4O3S2/c29-24(28-13-5-8-19(28)23-25-18-7-2-3-9-20(18)32-23)16-11-14-27(15-12-16)22-17-6-1-4-10-21(17)33(30,31)26-22/h1-4,6-7,9-10,16,19H,5,8,11-15H2/t19-/m1/s1. The number of likely N-dealkylation sites (tertiary alicyclic amines) is 2. The van der Waals surface area contributed by atoms with E-state index in [1.165, 1.54) is 0 Å². The van der Waals surface area contributed by atoms with Crippen molar-refractivity contribution in [1.82, 2.24) is 14.8 Å². The number of piperidine rings is 1. The van der Waals surface area contributed by atoms with E-state index in [1.807, 2.05) is 40.1 Å². The minimum Gasteiger partial charge on any atom is -0.355 e. The van der Waals surface area contributed by atoms with Crippen molar-refractivity contribution in [2.75, 3.05) is 19.6 Å². The quantitative estimate of drug-likeness (QED) is 0.557. The maximum atomic E-state index is 13.5. The van der Waals surface area contributed by atoms with Gasteiger partial charge in [-0.2, -0.15) is 8.42 Å². The molecule has 0 aliphatic carbocycles. The van der Waals surface area contributed by atoms with Gasteiger partial charge in [-0.3, -0.25) is 4.79 Å². The Morgan fingerprint density at radius 1 is 0.970 bits per heavy atom. The fourth-order valence-corrected chi connectivity index (χ4v) is 7.55. The number of rotatable bonds is 2. The predicted molar refractivity (Wildman–Crippen MR) is 128 cm³/mol. The molecule has 2 saturated heterocycles. The van der Waals surface area contributed by atoms with Crippen LogP contribution in [-0.4, -0.2) is 54.6 Å². The normalized spacial score (nSPS) is 22.5. The van der Waals surface area contributed by atoms with Crippen LogP contribution in [0.5, 0.6) is 0 Å². The lowest BCUT2D eigenvalue weighted by Gasteiger charge is -2.35. The molecule has 170 valence electrons. The molecular formula is C24H24N4O3S2. The van der Waals surface area contributed by atoms with Crippen LogP contribution in [0.25, 0.3) is 10.2 Å². The van der Waals surface area contributed by atoms with Gasteiger partial charge in [-0.05, 0) is 49.9 Å². The molecule has 1 atom stereocenters. The minimum atomic E-state index is -3.63. The summed E-state index contributed by atoms with van der Waals surface area (Å²) in [6.07, 6.45) is 3.35. The smallest absolute Gasteiger partial charge is 0.285 e. The Kier molecular flexibility index (Phi) is 4.99. The predicted octanol–water partition coefficient (Wildman–Crippen LogP) is 3.82. The lowest BCUT2D eigenvalue weighted by atomic mass is 9.94. The average molecular weight is 481 g/mol. The van der Waals surface area contributed by atoms with Gasteiger partial charge in [0.15, 0.2) is 5.84 Å². The molecule has 3 aliphatic rings. The highest BCUT2D eigenvalue weighted by atomic mass is 32.2. The molecule has 3 aliphatic heterocycles. The van der Waals surface area contributed by atoms with E-state index in [0.717, 1.165) is 34.6 Å². The minimum absolute atomic E-state index is 0.0508. The molecule has 0 radical (unpaired) electrons. The van der Waals surface area contributed by atoms with Gasteiger partial charge in [-0.1, -0.05) is 24.3 Å². The summed E-state index contributed by atoms with van der Waals surface area (Å²) in [6, 6.07) is 15.1. The van der Waals surface area contributed by atoms with Gasteiger partial charge in [0, 0.05) is 31.1 Å². The fraction of sp³-hybridized carbons (Fsp3) is 0.375. The fourth-order valence-electron chi connectivity index (χ4n) is 5.21. The van der Waals surface area contributed by atoms with Gasteiger partial charge in [0.2, 0.25) is 5.91 Å². The van der Waals surface area contributed by atoms with Crippen molar-refractivity contribution in [3.05, 3.63) is 59.1 Å². The molecule has 0 bridgehead atoms. The van der Waals surface area contributed by atoms with Crippen LogP contribution in [0.15, 0.2) is 57.8 Å². The SMILES string of the molecule is O=C(C1CCN(C2=NS(=O)(=O)c3ccccc32)CC1)N1CCC[C@@H]1c1nc2ccccc2s1. The lowest BCUT2D eigenvalue weighted by molar-refractivity contribution is -0.137. The van der Waals surface area contributed by atoms with E-state index in [0.29, 0.717) is 37.3 Å². The molecule has 2 fully saturated rings. The number of hydrogen-bond acceptors (Lipinski definition) is 6. The van der Waals surface area contributed by atoms with Crippen LogP contribution in [0.3, 0.4) is 0 Å². The lowest BCUT2D eigenvalue weighted by Crippen LogP contribution is -2.44. The third-order valence-corrected chi connectivity index (χ3v) is 9.35. The van der Waals surface area contributed by atoms with Crippen molar-refractivity contribution in [3.63, 3.8) is 0 Å². The Morgan fingerprint density at radius 3 is 2.55 bits per heavy atom. The Bertz CT molecular complexity index is 1340. The highest BCUT2D eigenvalue weighted by Gasteiger charge is 2.38. The monoisotopic (exact) mass is 480 g/mol. The third kappa shape index (κ3) is 3.54. The maximum absolute atomic E-state index is 13.5. The summed E-state index contributed by atoms with van der Waals surface area (Å²) in [5.41, 5.74) is 1.66. The molecule has 6 rings (SSSR count). The summed E-state index contributed by atoms with van der Waals surface area (Å²) in [5.74, 6) is 0.674. The molecule has 2 aromatic carbocycles. The second-order valence-electron chi connectivity index (χ2n) is 8.86. The number of amidine groups is 1. The van der Waals surface area contributed by atoms with E-state index in [2.05, 4.69) is 10.5 Å². The van der Waals surface area contributed by atoms with Gasteiger partial charge < -0.3 is 9.80 Å². The molecular weight excluding hydrogens is 456 g/mol. The third-order valence-electron chi connectivity index (χ3n) is 6.89. The summed E-state index contributed by atoms with van der Waals surface area (Å²) in [5, 5.41) is 1.03. The number of thiazole rings is 1. The molecule has 0 N–H and O–H groups in total. The number of sulfonamides is 1. The first-order valence-corrected chi connectivity index (χ1v) is 13.6. The van der Waals surface area contributed by atoms with Crippen molar-refractivity contribution in [3.8, 4) is 0 Å². The molecule has 7 nitrogen and oxygen atoms in total. The molecule has 1 amide bonds. The second kappa shape index (κ2) is 7.92. The Hall–Kier alpha value is -2.78. The van der Waals surface area contributed by atoms with E-state index < -0.39 is 10.0 Å². The number of hydrogen-bond donors (Lipinski definition) is 0.